The number of amides is 1. The van der Waals surface area contributed by atoms with Gasteiger partial charge in [-0.05, 0) is 54.0 Å². The summed E-state index contributed by atoms with van der Waals surface area (Å²) < 4.78 is 0.771. The molecule has 0 aliphatic carbocycles. The minimum Gasteiger partial charge on any atom is -0.349 e. The molecule has 136 valence electrons. The number of aromatic amines is 1. The Hall–Kier alpha value is -0.880. The average molecular weight is 399 g/mol. The van der Waals surface area contributed by atoms with E-state index in [9.17, 15) is 4.79 Å². The van der Waals surface area contributed by atoms with Gasteiger partial charge in [0.2, 0.25) is 0 Å². The molecule has 2 unspecified atom stereocenters. The molecule has 1 aromatic rings. The number of piperidine rings is 1. The van der Waals surface area contributed by atoms with Crippen LogP contribution in [0.1, 0.15) is 70.1 Å². The number of hydrogen-bond donors (Lipinski definition) is 2. The van der Waals surface area contributed by atoms with E-state index in [0.717, 1.165) is 23.3 Å². The number of H-pyrrole nitrogens is 1. The summed E-state index contributed by atoms with van der Waals surface area (Å²) in [7, 11) is 0. The highest BCUT2D eigenvalue weighted by Crippen LogP contribution is 2.28. The highest BCUT2D eigenvalue weighted by molar-refractivity contribution is 9.10. The molecule has 0 bridgehead atoms. The first-order chi connectivity index (χ1) is 11.1. The molecule has 24 heavy (non-hydrogen) atoms. The van der Waals surface area contributed by atoms with Crippen molar-refractivity contribution in [2.45, 2.75) is 59.4 Å². The highest BCUT2D eigenvalue weighted by atomic mass is 79.9. The molecular weight excluding hydrogens is 368 g/mol. The minimum absolute atomic E-state index is 0.0672. The quantitative estimate of drug-likeness (QED) is 0.792. The van der Waals surface area contributed by atoms with Crippen molar-refractivity contribution in [2.24, 2.45) is 11.8 Å². The fourth-order valence-electron chi connectivity index (χ4n) is 3.52. The van der Waals surface area contributed by atoms with E-state index in [1.54, 1.807) is 0 Å². The summed E-state index contributed by atoms with van der Waals surface area (Å²) in [5, 5.41) is 10.2. The van der Waals surface area contributed by atoms with Gasteiger partial charge in [0.05, 0.1) is 10.2 Å². The molecule has 1 aliphatic rings. The molecule has 1 saturated heterocycles. The number of halogens is 1. The second-order valence-electron chi connectivity index (χ2n) is 8.30. The van der Waals surface area contributed by atoms with E-state index in [4.69, 9.17) is 0 Å². The zero-order valence-electron chi connectivity index (χ0n) is 15.7. The molecule has 1 amide bonds. The van der Waals surface area contributed by atoms with E-state index in [0.29, 0.717) is 30.0 Å². The van der Waals surface area contributed by atoms with Gasteiger partial charge < -0.3 is 5.32 Å². The standard InChI is InChI=1S/C18H31BrN4O/c1-11(2)15-14(19)16(22-21-15)17(24)20-10-18(5,6)23-8-12(3)7-13(4)9-23/h11-13H,7-10H2,1-6H3,(H,20,24)(H,21,22). The Morgan fingerprint density at radius 2 is 1.96 bits per heavy atom. The normalized spacial score (nSPS) is 22.8. The van der Waals surface area contributed by atoms with Crippen molar-refractivity contribution < 1.29 is 4.79 Å². The topological polar surface area (TPSA) is 61.0 Å². The van der Waals surface area contributed by atoms with Crippen molar-refractivity contribution >= 4 is 21.8 Å². The molecule has 1 aliphatic heterocycles. The van der Waals surface area contributed by atoms with Crippen molar-refractivity contribution in [3.8, 4) is 0 Å². The number of carbonyl (C=O) groups excluding carboxylic acids is 1. The summed E-state index contributed by atoms with van der Waals surface area (Å²) in [5.74, 6) is 1.58. The average Bonchev–Trinajstić information content (AvgIpc) is 2.86. The molecule has 0 radical (unpaired) electrons. The zero-order valence-corrected chi connectivity index (χ0v) is 17.3. The van der Waals surface area contributed by atoms with E-state index in [2.05, 4.69) is 77.9 Å². The number of carbonyl (C=O) groups is 1. The molecule has 2 N–H and O–H groups in total. The SMILES string of the molecule is CC1CC(C)CN(C(C)(C)CNC(=O)c2n[nH]c(C(C)C)c2Br)C1. The van der Waals surface area contributed by atoms with Crippen LogP contribution < -0.4 is 5.32 Å². The van der Waals surface area contributed by atoms with Crippen LogP contribution in [-0.4, -0.2) is 46.2 Å². The Kier molecular flexibility index (Phi) is 6.13. The smallest absolute Gasteiger partial charge is 0.273 e. The molecule has 2 rings (SSSR count). The van der Waals surface area contributed by atoms with Crippen LogP contribution >= 0.6 is 15.9 Å². The van der Waals surface area contributed by atoms with E-state index < -0.39 is 0 Å². The Labute approximate surface area is 154 Å². The lowest BCUT2D eigenvalue weighted by Gasteiger charge is -2.45. The summed E-state index contributed by atoms with van der Waals surface area (Å²) in [6.45, 7) is 16.0. The van der Waals surface area contributed by atoms with Crippen molar-refractivity contribution in [3.63, 3.8) is 0 Å². The largest absolute Gasteiger partial charge is 0.349 e. The molecule has 0 aromatic carbocycles. The molecule has 6 heteroatoms. The maximum absolute atomic E-state index is 12.5. The number of aromatic nitrogens is 2. The fraction of sp³-hybridized carbons (Fsp3) is 0.778. The van der Waals surface area contributed by atoms with E-state index in [-0.39, 0.29) is 11.4 Å². The second-order valence-corrected chi connectivity index (χ2v) is 9.09. The molecule has 2 atom stereocenters. The first-order valence-corrected chi connectivity index (χ1v) is 9.68. The van der Waals surface area contributed by atoms with Crippen LogP contribution in [0.2, 0.25) is 0 Å². The van der Waals surface area contributed by atoms with Crippen LogP contribution in [0, 0.1) is 11.8 Å². The third-order valence-corrected chi connectivity index (χ3v) is 5.73. The predicted octanol–water partition coefficient (Wildman–Crippen LogP) is 3.78. The van der Waals surface area contributed by atoms with Crippen LogP contribution in [0.3, 0.4) is 0 Å². The number of nitrogens with zero attached hydrogens (tertiary/aromatic N) is 2. The van der Waals surface area contributed by atoms with Gasteiger partial charge in [0.15, 0.2) is 5.69 Å². The molecule has 0 spiro atoms. The van der Waals surface area contributed by atoms with Gasteiger partial charge in [0.1, 0.15) is 0 Å². The number of hydrogen-bond acceptors (Lipinski definition) is 3. The number of likely N-dealkylation sites (tertiary alicyclic amines) is 1. The summed E-state index contributed by atoms with van der Waals surface area (Å²) in [6, 6.07) is 0. The van der Waals surface area contributed by atoms with Gasteiger partial charge in [-0.3, -0.25) is 14.8 Å². The maximum Gasteiger partial charge on any atom is 0.273 e. The monoisotopic (exact) mass is 398 g/mol. The van der Waals surface area contributed by atoms with Crippen molar-refractivity contribution in [1.82, 2.24) is 20.4 Å². The molecule has 1 aromatic heterocycles. The lowest BCUT2D eigenvalue weighted by molar-refractivity contribution is 0.0444. The molecule has 2 heterocycles. The van der Waals surface area contributed by atoms with Crippen LogP contribution in [-0.2, 0) is 0 Å². The summed E-state index contributed by atoms with van der Waals surface area (Å²) in [6.07, 6.45) is 1.29. The van der Waals surface area contributed by atoms with E-state index in [1.807, 2.05) is 0 Å². The molecular formula is C18H31BrN4O. The van der Waals surface area contributed by atoms with Crippen LogP contribution in [0.5, 0.6) is 0 Å². The third-order valence-electron chi connectivity index (χ3n) is 4.93. The Morgan fingerprint density at radius 1 is 1.38 bits per heavy atom. The third kappa shape index (κ3) is 4.39. The molecule has 5 nitrogen and oxygen atoms in total. The molecule has 1 fully saturated rings. The van der Waals surface area contributed by atoms with E-state index in [1.165, 1.54) is 6.42 Å². The Balaban J connectivity index is 2.00. The highest BCUT2D eigenvalue weighted by Gasteiger charge is 2.33. The zero-order chi connectivity index (χ0) is 18.1. The maximum atomic E-state index is 12.5. The number of rotatable bonds is 5. The Morgan fingerprint density at radius 3 is 2.46 bits per heavy atom. The summed E-state index contributed by atoms with van der Waals surface area (Å²) >= 11 is 3.50. The lowest BCUT2D eigenvalue weighted by atomic mass is 9.88. The molecule has 0 saturated carbocycles. The van der Waals surface area contributed by atoms with Crippen molar-refractivity contribution in [1.29, 1.82) is 0 Å². The van der Waals surface area contributed by atoms with E-state index >= 15 is 0 Å². The fourth-order valence-corrected chi connectivity index (χ4v) is 4.34. The lowest BCUT2D eigenvalue weighted by Crippen LogP contribution is -2.56. The first kappa shape index (κ1) is 19.4. The van der Waals surface area contributed by atoms with Gasteiger partial charge in [-0.1, -0.05) is 27.7 Å². The van der Waals surface area contributed by atoms with Gasteiger partial charge in [-0.25, -0.2) is 0 Å². The van der Waals surface area contributed by atoms with Gasteiger partial charge in [-0.15, -0.1) is 0 Å². The van der Waals surface area contributed by atoms with Gasteiger partial charge in [0.25, 0.3) is 5.91 Å². The van der Waals surface area contributed by atoms with Crippen molar-refractivity contribution in [2.75, 3.05) is 19.6 Å². The van der Waals surface area contributed by atoms with Crippen LogP contribution in [0.15, 0.2) is 4.47 Å². The summed E-state index contributed by atoms with van der Waals surface area (Å²) in [4.78, 5) is 15.0. The predicted molar refractivity (Wildman–Crippen MR) is 101 cm³/mol. The van der Waals surface area contributed by atoms with Crippen LogP contribution in [0.25, 0.3) is 0 Å². The van der Waals surface area contributed by atoms with Gasteiger partial charge in [0, 0.05) is 25.2 Å². The Bertz CT molecular complexity index is 572. The van der Waals surface area contributed by atoms with Gasteiger partial charge in [-0.2, -0.15) is 5.10 Å². The minimum atomic E-state index is -0.129. The van der Waals surface area contributed by atoms with Gasteiger partial charge >= 0.3 is 0 Å². The number of nitrogens with one attached hydrogen (secondary N) is 2. The van der Waals surface area contributed by atoms with Crippen molar-refractivity contribution in [3.05, 3.63) is 15.9 Å². The second kappa shape index (κ2) is 7.56. The van der Waals surface area contributed by atoms with Crippen LogP contribution in [0.4, 0.5) is 0 Å². The summed E-state index contributed by atoms with van der Waals surface area (Å²) in [5.41, 5.74) is 1.33. The first-order valence-electron chi connectivity index (χ1n) is 8.88.